The minimum atomic E-state index is -4.24. The molecule has 1 aromatic heterocycles. The zero-order chi connectivity index (χ0) is 29.7. The molecule has 11 heteroatoms. The molecule has 1 unspecified atom stereocenters. The molecule has 4 aromatic rings. The van der Waals surface area contributed by atoms with Gasteiger partial charge in [-0.25, -0.2) is 18.1 Å². The molecule has 0 aliphatic heterocycles. The Hall–Kier alpha value is -4.51. The first-order valence-corrected chi connectivity index (χ1v) is 14.7. The molecular formula is C30H32N4O6S. The van der Waals surface area contributed by atoms with Crippen LogP contribution in [0.1, 0.15) is 41.6 Å². The zero-order valence-electron chi connectivity index (χ0n) is 23.3. The van der Waals surface area contributed by atoms with Gasteiger partial charge in [0.2, 0.25) is 17.6 Å². The van der Waals surface area contributed by atoms with Crippen LogP contribution < -0.4 is 10.0 Å². The second-order valence-electron chi connectivity index (χ2n) is 9.54. The number of aryl methyl sites for hydroxylation is 2. The maximum Gasteiger partial charge on any atom is 0.293 e. The molecule has 41 heavy (non-hydrogen) atoms. The van der Waals surface area contributed by atoms with Gasteiger partial charge in [-0.1, -0.05) is 42.5 Å². The number of carbonyl (C=O) groups excluding carboxylic acids is 3. The number of carbonyl (C=O) groups is 3. The molecule has 0 radical (unpaired) electrons. The molecule has 10 nitrogen and oxygen atoms in total. The van der Waals surface area contributed by atoms with Crippen molar-refractivity contribution < 1.29 is 27.2 Å². The van der Waals surface area contributed by atoms with E-state index >= 15 is 0 Å². The van der Waals surface area contributed by atoms with E-state index in [9.17, 15) is 22.8 Å². The predicted octanol–water partition coefficient (Wildman–Crippen LogP) is 4.23. The number of sulfonamides is 1. The summed E-state index contributed by atoms with van der Waals surface area (Å²) in [7, 11) is -4.24. The van der Waals surface area contributed by atoms with E-state index < -0.39 is 33.7 Å². The minimum Gasteiger partial charge on any atom is -0.436 e. The minimum absolute atomic E-state index is 0.0387. The third-order valence-corrected chi connectivity index (χ3v) is 8.06. The van der Waals surface area contributed by atoms with Crippen molar-refractivity contribution in [1.82, 2.24) is 14.6 Å². The number of nitrogens with zero attached hydrogens (tertiary/aromatic N) is 2. The number of oxazole rings is 1. The van der Waals surface area contributed by atoms with E-state index in [0.29, 0.717) is 41.3 Å². The lowest BCUT2D eigenvalue weighted by molar-refractivity contribution is -0.141. The second kappa shape index (κ2) is 12.3. The van der Waals surface area contributed by atoms with Crippen LogP contribution in [0.3, 0.4) is 0 Å². The fraction of sp³-hybridized carbons (Fsp3) is 0.267. The van der Waals surface area contributed by atoms with Crippen LogP contribution in [0.15, 0.2) is 76.0 Å². The van der Waals surface area contributed by atoms with Crippen LogP contribution in [-0.2, 0) is 26.0 Å². The van der Waals surface area contributed by atoms with E-state index in [1.54, 1.807) is 70.2 Å². The van der Waals surface area contributed by atoms with Crippen molar-refractivity contribution in [1.29, 1.82) is 0 Å². The summed E-state index contributed by atoms with van der Waals surface area (Å²) >= 11 is 0. The highest BCUT2D eigenvalue weighted by molar-refractivity contribution is 7.90. The van der Waals surface area contributed by atoms with Gasteiger partial charge in [0.05, 0.1) is 10.6 Å². The van der Waals surface area contributed by atoms with Gasteiger partial charge in [0.15, 0.2) is 5.89 Å². The number of hydrogen-bond donors (Lipinski definition) is 2. The van der Waals surface area contributed by atoms with E-state index in [4.69, 9.17) is 4.42 Å². The second-order valence-corrected chi connectivity index (χ2v) is 11.2. The van der Waals surface area contributed by atoms with E-state index in [-0.39, 0.29) is 17.1 Å². The van der Waals surface area contributed by atoms with Gasteiger partial charge in [-0.15, -0.1) is 0 Å². The summed E-state index contributed by atoms with van der Waals surface area (Å²) in [5.41, 5.74) is 1.56. The summed E-state index contributed by atoms with van der Waals surface area (Å²) in [6.45, 7) is 7.63. The molecule has 0 fully saturated rings. The fourth-order valence-electron chi connectivity index (χ4n) is 4.53. The molecule has 3 amide bonds. The summed E-state index contributed by atoms with van der Waals surface area (Å²) < 4.78 is 33.8. The van der Waals surface area contributed by atoms with E-state index in [2.05, 4.69) is 15.0 Å². The average Bonchev–Trinajstić information content (AvgIpc) is 3.30. The third-order valence-electron chi connectivity index (χ3n) is 6.72. The number of aromatic nitrogens is 1. The van der Waals surface area contributed by atoms with Gasteiger partial charge in [-0.2, -0.15) is 0 Å². The number of anilines is 1. The Balaban J connectivity index is 1.54. The Morgan fingerprint density at radius 2 is 1.59 bits per heavy atom. The number of rotatable bonds is 10. The summed E-state index contributed by atoms with van der Waals surface area (Å²) in [6.07, 6.45) is -0.0387. The molecule has 0 bridgehead atoms. The van der Waals surface area contributed by atoms with Crippen LogP contribution in [0.2, 0.25) is 0 Å². The van der Waals surface area contributed by atoms with Gasteiger partial charge in [-0.3, -0.25) is 14.4 Å². The maximum atomic E-state index is 13.4. The summed E-state index contributed by atoms with van der Waals surface area (Å²) in [5, 5.41) is 4.30. The summed E-state index contributed by atoms with van der Waals surface area (Å²) in [5.74, 6) is -2.64. The molecule has 2 N–H and O–H groups in total. The number of nitrogens with one attached hydrogen (secondary N) is 2. The topological polar surface area (TPSA) is 139 Å². The lowest BCUT2D eigenvalue weighted by Crippen LogP contribution is -2.46. The van der Waals surface area contributed by atoms with Crippen molar-refractivity contribution in [3.8, 4) is 0 Å². The van der Waals surface area contributed by atoms with E-state index in [0.717, 1.165) is 5.39 Å². The lowest BCUT2D eigenvalue weighted by atomic mass is 9.97. The Bertz CT molecular complexity index is 1690. The Morgan fingerprint density at radius 3 is 2.20 bits per heavy atom. The van der Waals surface area contributed by atoms with Crippen LogP contribution in [0.4, 0.5) is 5.69 Å². The standard InChI is InChI=1S/C30H32N4O6S/c1-5-34(6-2)30(37)26(28(35)33-41(38,39)25-16-13-22-9-7-8-10-23(22)18-25)17-21-11-14-24(15-12-21)32-29(36)27-19(3)31-20(4)40-27/h7-16,18,26H,5-6,17H2,1-4H3,(H,32,36)(H,33,35). The molecule has 0 saturated carbocycles. The van der Waals surface area contributed by atoms with Crippen molar-refractivity contribution in [2.45, 2.75) is 39.0 Å². The molecule has 4 rings (SSSR count). The first kappa shape index (κ1) is 29.5. The summed E-state index contributed by atoms with van der Waals surface area (Å²) in [6, 6.07) is 18.5. The van der Waals surface area contributed by atoms with Crippen LogP contribution in [-0.4, -0.2) is 49.1 Å². The largest absolute Gasteiger partial charge is 0.436 e. The van der Waals surface area contributed by atoms with Crippen molar-refractivity contribution in [3.05, 3.63) is 89.6 Å². The van der Waals surface area contributed by atoms with Crippen LogP contribution in [0.5, 0.6) is 0 Å². The van der Waals surface area contributed by atoms with Crippen molar-refractivity contribution >= 4 is 44.2 Å². The molecule has 0 aliphatic rings. The highest BCUT2D eigenvalue weighted by atomic mass is 32.2. The van der Waals surface area contributed by atoms with Gasteiger partial charge in [-0.05, 0) is 67.8 Å². The molecule has 214 valence electrons. The number of amides is 3. The molecular weight excluding hydrogens is 544 g/mol. The fourth-order valence-corrected chi connectivity index (χ4v) is 5.59. The Labute approximate surface area is 238 Å². The normalized spacial score (nSPS) is 12.1. The predicted molar refractivity (Wildman–Crippen MR) is 155 cm³/mol. The maximum absolute atomic E-state index is 13.4. The van der Waals surface area contributed by atoms with E-state index in [1.807, 2.05) is 12.1 Å². The molecule has 1 heterocycles. The van der Waals surface area contributed by atoms with Crippen LogP contribution in [0, 0.1) is 19.8 Å². The average molecular weight is 577 g/mol. The van der Waals surface area contributed by atoms with E-state index in [1.165, 1.54) is 17.0 Å². The van der Waals surface area contributed by atoms with Crippen LogP contribution >= 0.6 is 0 Å². The number of hydrogen-bond acceptors (Lipinski definition) is 7. The van der Waals surface area contributed by atoms with Gasteiger partial charge < -0.3 is 14.6 Å². The van der Waals surface area contributed by atoms with Crippen molar-refractivity contribution in [2.75, 3.05) is 18.4 Å². The molecule has 3 aromatic carbocycles. The van der Waals surface area contributed by atoms with Gasteiger partial charge in [0, 0.05) is 25.7 Å². The zero-order valence-corrected chi connectivity index (χ0v) is 24.1. The quantitative estimate of drug-likeness (QED) is 0.269. The molecule has 1 atom stereocenters. The van der Waals surface area contributed by atoms with Crippen LogP contribution in [0.25, 0.3) is 10.8 Å². The number of fused-ring (bicyclic) bond motifs is 1. The highest BCUT2D eigenvalue weighted by Gasteiger charge is 2.33. The number of benzene rings is 3. The monoisotopic (exact) mass is 576 g/mol. The SMILES string of the molecule is CCN(CC)C(=O)C(Cc1ccc(NC(=O)c2oc(C)nc2C)cc1)C(=O)NS(=O)(=O)c1ccc2ccccc2c1. The molecule has 0 saturated heterocycles. The third kappa shape index (κ3) is 6.80. The highest BCUT2D eigenvalue weighted by Crippen LogP contribution is 2.21. The smallest absolute Gasteiger partial charge is 0.293 e. The van der Waals surface area contributed by atoms with Gasteiger partial charge in [0.25, 0.3) is 15.9 Å². The Kier molecular flexibility index (Phi) is 8.87. The van der Waals surface area contributed by atoms with Gasteiger partial charge in [0.1, 0.15) is 5.92 Å². The first-order chi connectivity index (χ1) is 19.5. The summed E-state index contributed by atoms with van der Waals surface area (Å²) in [4.78, 5) is 44.8. The first-order valence-electron chi connectivity index (χ1n) is 13.2. The van der Waals surface area contributed by atoms with Crippen molar-refractivity contribution in [3.63, 3.8) is 0 Å². The molecule has 0 spiro atoms. The van der Waals surface area contributed by atoms with Crippen molar-refractivity contribution in [2.24, 2.45) is 5.92 Å². The lowest BCUT2D eigenvalue weighted by Gasteiger charge is -2.24. The van der Waals surface area contributed by atoms with Gasteiger partial charge >= 0.3 is 0 Å². The Morgan fingerprint density at radius 1 is 0.927 bits per heavy atom. The molecule has 0 aliphatic carbocycles.